The zero-order chi connectivity index (χ0) is 13.8. The fraction of sp³-hybridized carbons (Fsp3) is 0.133. The van der Waals surface area contributed by atoms with Gasteiger partial charge in [0.1, 0.15) is 12.4 Å². The number of rotatable bonds is 3. The Hall–Kier alpha value is -2.49. The summed E-state index contributed by atoms with van der Waals surface area (Å²) in [5.74, 6) is -0.317. The van der Waals surface area contributed by atoms with Crippen molar-refractivity contribution in [2.75, 3.05) is 5.73 Å². The van der Waals surface area contributed by atoms with Crippen molar-refractivity contribution in [2.45, 2.75) is 13.5 Å². The van der Waals surface area contributed by atoms with E-state index in [1.807, 2.05) is 0 Å². The average Bonchev–Trinajstić information content (AvgIpc) is 2.36. The highest BCUT2D eigenvalue weighted by Gasteiger charge is 2.14. The molecule has 0 radical (unpaired) electrons. The van der Waals surface area contributed by atoms with E-state index in [4.69, 9.17) is 10.5 Å². The summed E-state index contributed by atoms with van der Waals surface area (Å²) in [5.41, 5.74) is 8.07. The second-order valence-electron chi connectivity index (χ2n) is 4.29. The molecule has 0 aliphatic heterocycles. The van der Waals surface area contributed by atoms with Crippen molar-refractivity contribution in [1.29, 1.82) is 0 Å². The molecule has 0 heterocycles. The van der Waals surface area contributed by atoms with E-state index in [1.165, 1.54) is 0 Å². The van der Waals surface area contributed by atoms with Gasteiger partial charge in [0.25, 0.3) is 0 Å². The van der Waals surface area contributed by atoms with E-state index in [2.05, 4.69) is 0 Å². The first-order valence-electron chi connectivity index (χ1n) is 5.88. The molecule has 0 spiro atoms. The Kier molecular flexibility index (Phi) is 3.71. The van der Waals surface area contributed by atoms with Gasteiger partial charge in [-0.05, 0) is 36.2 Å². The summed E-state index contributed by atoms with van der Waals surface area (Å²) < 4.78 is 5.20. The molecule has 0 aromatic heterocycles. The number of carbonyl (C=O) groups excluding carboxylic acids is 1. The van der Waals surface area contributed by atoms with Crippen LogP contribution in [0.1, 0.15) is 21.5 Å². The smallest absolute Gasteiger partial charge is 0.340 e. The molecular formula is C15H15NO3. The lowest BCUT2D eigenvalue weighted by molar-refractivity contribution is 0.0473. The van der Waals surface area contributed by atoms with Gasteiger partial charge in [0.05, 0.1) is 5.56 Å². The Morgan fingerprint density at radius 1 is 1.26 bits per heavy atom. The fourth-order valence-electron chi connectivity index (χ4n) is 1.84. The Morgan fingerprint density at radius 3 is 2.68 bits per heavy atom. The molecule has 98 valence electrons. The minimum Gasteiger partial charge on any atom is -0.508 e. The predicted molar refractivity (Wildman–Crippen MR) is 72.8 cm³/mol. The zero-order valence-corrected chi connectivity index (χ0v) is 10.6. The maximum atomic E-state index is 12.0. The minimum absolute atomic E-state index is 0.0982. The van der Waals surface area contributed by atoms with Gasteiger partial charge in [-0.15, -0.1) is 0 Å². The molecule has 4 nitrogen and oxygen atoms in total. The number of hydrogen-bond donors (Lipinski definition) is 2. The molecule has 0 unspecified atom stereocenters. The SMILES string of the molecule is Cc1cccc(N)c1C(=O)OCc1cccc(O)c1. The van der Waals surface area contributed by atoms with Gasteiger partial charge in [0.2, 0.25) is 0 Å². The molecule has 2 aromatic rings. The van der Waals surface area contributed by atoms with Crippen LogP contribution in [0.3, 0.4) is 0 Å². The summed E-state index contributed by atoms with van der Waals surface area (Å²) in [6, 6.07) is 11.8. The number of esters is 1. The topological polar surface area (TPSA) is 72.6 Å². The molecule has 4 heteroatoms. The molecule has 0 aliphatic rings. The molecule has 0 aliphatic carbocycles. The maximum Gasteiger partial charge on any atom is 0.340 e. The molecule has 2 aromatic carbocycles. The lowest BCUT2D eigenvalue weighted by atomic mass is 10.1. The van der Waals surface area contributed by atoms with Crippen molar-refractivity contribution in [2.24, 2.45) is 0 Å². The second kappa shape index (κ2) is 5.44. The van der Waals surface area contributed by atoms with Gasteiger partial charge in [-0.2, -0.15) is 0 Å². The van der Waals surface area contributed by atoms with Crippen LogP contribution in [0.2, 0.25) is 0 Å². The van der Waals surface area contributed by atoms with Crippen LogP contribution in [0.4, 0.5) is 5.69 Å². The normalized spacial score (nSPS) is 10.2. The Balaban J connectivity index is 2.10. The van der Waals surface area contributed by atoms with Crippen LogP contribution in [-0.4, -0.2) is 11.1 Å². The van der Waals surface area contributed by atoms with Crippen molar-refractivity contribution in [3.05, 3.63) is 59.2 Å². The summed E-state index contributed by atoms with van der Waals surface area (Å²) in [6.45, 7) is 1.91. The van der Waals surface area contributed by atoms with Crippen molar-refractivity contribution >= 4 is 11.7 Å². The number of anilines is 1. The number of benzene rings is 2. The van der Waals surface area contributed by atoms with Gasteiger partial charge in [0, 0.05) is 5.69 Å². The van der Waals surface area contributed by atoms with E-state index >= 15 is 0 Å². The van der Waals surface area contributed by atoms with Gasteiger partial charge >= 0.3 is 5.97 Å². The van der Waals surface area contributed by atoms with Crippen LogP contribution in [0.15, 0.2) is 42.5 Å². The monoisotopic (exact) mass is 257 g/mol. The van der Waals surface area contributed by atoms with Gasteiger partial charge in [-0.1, -0.05) is 24.3 Å². The van der Waals surface area contributed by atoms with E-state index < -0.39 is 5.97 Å². The number of aryl methyl sites for hydroxylation is 1. The predicted octanol–water partition coefficient (Wildman–Crippen LogP) is 2.64. The van der Waals surface area contributed by atoms with Crippen LogP contribution in [0, 0.1) is 6.92 Å². The Labute approximate surface area is 111 Å². The zero-order valence-electron chi connectivity index (χ0n) is 10.6. The minimum atomic E-state index is -0.459. The lowest BCUT2D eigenvalue weighted by Gasteiger charge is -2.09. The molecule has 0 saturated carbocycles. The van der Waals surface area contributed by atoms with Crippen molar-refractivity contribution in [3.8, 4) is 5.75 Å². The summed E-state index contributed by atoms with van der Waals surface area (Å²) in [6.07, 6.45) is 0. The third kappa shape index (κ3) is 3.04. The molecule has 0 saturated heterocycles. The highest BCUT2D eigenvalue weighted by Crippen LogP contribution is 2.18. The number of hydrogen-bond acceptors (Lipinski definition) is 4. The molecule has 0 fully saturated rings. The number of phenols is 1. The highest BCUT2D eigenvalue weighted by molar-refractivity contribution is 5.96. The van der Waals surface area contributed by atoms with Crippen LogP contribution in [-0.2, 0) is 11.3 Å². The van der Waals surface area contributed by atoms with E-state index in [-0.39, 0.29) is 12.4 Å². The number of carbonyl (C=O) groups is 1. The van der Waals surface area contributed by atoms with Crippen LogP contribution < -0.4 is 5.73 Å². The quantitative estimate of drug-likeness (QED) is 0.655. The van der Waals surface area contributed by atoms with E-state index in [0.29, 0.717) is 11.3 Å². The third-order valence-electron chi connectivity index (χ3n) is 2.79. The number of nitrogen functional groups attached to an aromatic ring is 1. The van der Waals surface area contributed by atoms with Gasteiger partial charge in [-0.25, -0.2) is 4.79 Å². The van der Waals surface area contributed by atoms with Crippen molar-refractivity contribution in [1.82, 2.24) is 0 Å². The number of aromatic hydroxyl groups is 1. The summed E-state index contributed by atoms with van der Waals surface area (Å²) in [4.78, 5) is 12.0. The van der Waals surface area contributed by atoms with Crippen LogP contribution >= 0.6 is 0 Å². The summed E-state index contributed by atoms with van der Waals surface area (Å²) in [5, 5.41) is 9.32. The molecule has 2 rings (SSSR count). The summed E-state index contributed by atoms with van der Waals surface area (Å²) in [7, 11) is 0. The van der Waals surface area contributed by atoms with Gasteiger partial charge < -0.3 is 15.6 Å². The summed E-state index contributed by atoms with van der Waals surface area (Å²) >= 11 is 0. The van der Waals surface area contributed by atoms with Crippen molar-refractivity contribution < 1.29 is 14.6 Å². The number of phenolic OH excluding ortho intramolecular Hbond substituents is 1. The second-order valence-corrected chi connectivity index (χ2v) is 4.29. The van der Waals surface area contributed by atoms with Gasteiger partial charge in [-0.3, -0.25) is 0 Å². The first kappa shape index (κ1) is 13.0. The molecule has 0 atom stereocenters. The lowest BCUT2D eigenvalue weighted by Crippen LogP contribution is -2.10. The van der Waals surface area contributed by atoms with E-state index in [0.717, 1.165) is 11.1 Å². The molecule has 3 N–H and O–H groups in total. The van der Waals surface area contributed by atoms with Crippen LogP contribution in [0.5, 0.6) is 5.75 Å². The van der Waals surface area contributed by atoms with E-state index in [1.54, 1.807) is 49.4 Å². The molecule has 0 bridgehead atoms. The maximum absolute atomic E-state index is 12.0. The average molecular weight is 257 g/mol. The highest BCUT2D eigenvalue weighted by atomic mass is 16.5. The van der Waals surface area contributed by atoms with E-state index in [9.17, 15) is 9.90 Å². The molecule has 19 heavy (non-hydrogen) atoms. The Morgan fingerprint density at radius 2 is 2.00 bits per heavy atom. The molecular weight excluding hydrogens is 242 g/mol. The Bertz CT molecular complexity index is 588. The van der Waals surface area contributed by atoms with Crippen molar-refractivity contribution in [3.63, 3.8) is 0 Å². The standard InChI is InChI=1S/C15H15NO3/c1-10-4-2-7-13(16)14(10)15(18)19-9-11-5-3-6-12(17)8-11/h2-8,17H,9,16H2,1H3. The van der Waals surface area contributed by atoms with Crippen LogP contribution in [0.25, 0.3) is 0 Å². The number of ether oxygens (including phenoxy) is 1. The molecule has 0 amide bonds. The number of nitrogens with two attached hydrogens (primary N) is 1. The first-order valence-corrected chi connectivity index (χ1v) is 5.88. The third-order valence-corrected chi connectivity index (χ3v) is 2.79. The first-order chi connectivity index (χ1) is 9.08. The van der Waals surface area contributed by atoms with Gasteiger partial charge in [0.15, 0.2) is 0 Å². The fourth-order valence-corrected chi connectivity index (χ4v) is 1.84. The largest absolute Gasteiger partial charge is 0.508 e.